The van der Waals surface area contributed by atoms with E-state index < -0.39 is 16.7 Å². The summed E-state index contributed by atoms with van der Waals surface area (Å²) in [4.78, 5) is 34.9. The summed E-state index contributed by atoms with van der Waals surface area (Å²) in [5, 5.41) is 16.0. The first kappa shape index (κ1) is 16.9. The Morgan fingerprint density at radius 2 is 1.73 bits per heavy atom. The zero-order chi connectivity index (χ0) is 18.5. The van der Waals surface area contributed by atoms with Crippen LogP contribution in [0.1, 0.15) is 20.9 Å². The Morgan fingerprint density at radius 3 is 2.46 bits per heavy atom. The van der Waals surface area contributed by atoms with Crippen LogP contribution in [-0.2, 0) is 0 Å². The number of carbonyl (C=O) groups excluding carboxylic acids is 2. The summed E-state index contributed by atoms with van der Waals surface area (Å²) >= 11 is 0. The Hall–Kier alpha value is -3.94. The number of benzene rings is 2. The molecule has 0 saturated carbocycles. The van der Waals surface area contributed by atoms with Gasteiger partial charge < -0.3 is 15.1 Å². The average Bonchev–Trinajstić information content (AvgIpc) is 3.17. The van der Waals surface area contributed by atoms with E-state index in [1.54, 1.807) is 24.3 Å². The number of hydrogen-bond donors (Lipinski definition) is 2. The van der Waals surface area contributed by atoms with Crippen molar-refractivity contribution in [2.24, 2.45) is 0 Å². The lowest BCUT2D eigenvalue weighted by molar-refractivity contribution is -0.384. The average molecular weight is 351 g/mol. The molecule has 8 heteroatoms. The Bertz CT molecular complexity index is 966. The van der Waals surface area contributed by atoms with Crippen molar-refractivity contribution in [3.8, 4) is 0 Å². The SMILES string of the molecule is O=C(Nc1ccccc1C(=O)Nc1cccc([N+](=O)[O-])c1)c1ccco1. The fraction of sp³-hybridized carbons (Fsp3) is 0. The number of nitro benzene ring substituents is 1. The maximum absolute atomic E-state index is 12.5. The summed E-state index contributed by atoms with van der Waals surface area (Å²) in [5.74, 6) is -0.898. The molecule has 1 aromatic heterocycles. The van der Waals surface area contributed by atoms with Crippen molar-refractivity contribution in [2.75, 3.05) is 10.6 Å². The van der Waals surface area contributed by atoms with Crippen LogP contribution >= 0.6 is 0 Å². The van der Waals surface area contributed by atoms with E-state index in [1.807, 2.05) is 0 Å². The molecule has 0 bridgehead atoms. The van der Waals surface area contributed by atoms with Crippen LogP contribution in [0.4, 0.5) is 17.1 Å². The van der Waals surface area contributed by atoms with Gasteiger partial charge in [-0.2, -0.15) is 0 Å². The number of amides is 2. The van der Waals surface area contributed by atoms with Crippen LogP contribution in [0.25, 0.3) is 0 Å². The molecule has 0 aliphatic heterocycles. The van der Waals surface area contributed by atoms with Crippen LogP contribution in [0.2, 0.25) is 0 Å². The third-order valence-electron chi connectivity index (χ3n) is 3.48. The van der Waals surface area contributed by atoms with E-state index in [0.717, 1.165) is 0 Å². The minimum Gasteiger partial charge on any atom is -0.459 e. The number of carbonyl (C=O) groups is 2. The largest absolute Gasteiger partial charge is 0.459 e. The monoisotopic (exact) mass is 351 g/mol. The van der Waals surface area contributed by atoms with Crippen LogP contribution in [0, 0.1) is 10.1 Å². The van der Waals surface area contributed by atoms with E-state index in [2.05, 4.69) is 10.6 Å². The number of furan rings is 1. The normalized spacial score (nSPS) is 10.2. The van der Waals surface area contributed by atoms with Crippen LogP contribution in [0.15, 0.2) is 71.3 Å². The van der Waals surface area contributed by atoms with Gasteiger partial charge in [-0.15, -0.1) is 0 Å². The maximum atomic E-state index is 12.5. The van der Waals surface area contributed by atoms with Gasteiger partial charge in [0, 0.05) is 17.8 Å². The van der Waals surface area contributed by atoms with E-state index in [4.69, 9.17) is 4.42 Å². The summed E-state index contributed by atoms with van der Waals surface area (Å²) in [6.07, 6.45) is 1.37. The molecule has 26 heavy (non-hydrogen) atoms. The van der Waals surface area contributed by atoms with Crippen LogP contribution in [-0.4, -0.2) is 16.7 Å². The lowest BCUT2D eigenvalue weighted by Crippen LogP contribution is -2.18. The third-order valence-corrected chi connectivity index (χ3v) is 3.48. The Balaban J connectivity index is 1.81. The van der Waals surface area contributed by atoms with Crippen LogP contribution in [0.3, 0.4) is 0 Å². The molecule has 0 spiro atoms. The van der Waals surface area contributed by atoms with E-state index >= 15 is 0 Å². The smallest absolute Gasteiger partial charge is 0.291 e. The van der Waals surface area contributed by atoms with Crippen molar-refractivity contribution < 1.29 is 18.9 Å². The van der Waals surface area contributed by atoms with Gasteiger partial charge in [0.05, 0.1) is 22.4 Å². The predicted molar refractivity (Wildman–Crippen MR) is 94.2 cm³/mol. The first-order chi connectivity index (χ1) is 12.5. The summed E-state index contributed by atoms with van der Waals surface area (Å²) in [5.41, 5.74) is 0.634. The quantitative estimate of drug-likeness (QED) is 0.537. The number of nitro groups is 1. The summed E-state index contributed by atoms with van der Waals surface area (Å²) < 4.78 is 5.02. The van der Waals surface area contributed by atoms with Crippen molar-refractivity contribution in [3.63, 3.8) is 0 Å². The lowest BCUT2D eigenvalue weighted by Gasteiger charge is -2.10. The molecule has 0 aliphatic carbocycles. The van der Waals surface area contributed by atoms with Crippen molar-refractivity contribution in [1.29, 1.82) is 0 Å². The van der Waals surface area contributed by atoms with E-state index in [-0.39, 0.29) is 28.4 Å². The van der Waals surface area contributed by atoms with Crippen molar-refractivity contribution in [2.45, 2.75) is 0 Å². The number of hydrogen-bond acceptors (Lipinski definition) is 5. The van der Waals surface area contributed by atoms with Crippen molar-refractivity contribution >= 4 is 28.9 Å². The molecule has 2 aromatic carbocycles. The lowest BCUT2D eigenvalue weighted by atomic mass is 10.1. The Labute approximate surface area is 147 Å². The molecule has 0 atom stereocenters. The van der Waals surface area contributed by atoms with Gasteiger partial charge in [0.2, 0.25) is 0 Å². The molecule has 0 unspecified atom stereocenters. The molecule has 0 fully saturated rings. The topological polar surface area (TPSA) is 114 Å². The summed E-state index contributed by atoms with van der Waals surface area (Å²) in [6.45, 7) is 0. The second-order valence-electron chi connectivity index (χ2n) is 5.24. The standard InChI is InChI=1S/C18H13N3O5/c22-17(19-12-5-3-6-13(11-12)21(24)25)14-7-1-2-8-15(14)20-18(23)16-9-4-10-26-16/h1-11H,(H,19,22)(H,20,23). The molecule has 3 aromatic rings. The number of nitrogens with zero attached hydrogens (tertiary/aromatic N) is 1. The highest BCUT2D eigenvalue weighted by Crippen LogP contribution is 2.21. The minimum atomic E-state index is -0.548. The van der Waals surface area contributed by atoms with E-state index in [1.165, 1.54) is 42.7 Å². The van der Waals surface area contributed by atoms with Gasteiger partial charge in [-0.3, -0.25) is 19.7 Å². The molecule has 0 aliphatic rings. The molecule has 130 valence electrons. The second kappa shape index (κ2) is 7.31. The number of non-ortho nitro benzene ring substituents is 1. The van der Waals surface area contributed by atoms with E-state index in [9.17, 15) is 19.7 Å². The molecule has 2 amide bonds. The molecule has 0 saturated heterocycles. The zero-order valence-corrected chi connectivity index (χ0v) is 13.3. The summed E-state index contributed by atoms with van der Waals surface area (Å²) in [7, 11) is 0. The van der Waals surface area contributed by atoms with Crippen molar-refractivity contribution in [1.82, 2.24) is 0 Å². The van der Waals surface area contributed by atoms with E-state index in [0.29, 0.717) is 0 Å². The highest BCUT2D eigenvalue weighted by molar-refractivity contribution is 6.12. The number of para-hydroxylation sites is 1. The highest BCUT2D eigenvalue weighted by Gasteiger charge is 2.16. The molecule has 8 nitrogen and oxygen atoms in total. The number of nitrogens with one attached hydrogen (secondary N) is 2. The fourth-order valence-electron chi connectivity index (χ4n) is 2.28. The Morgan fingerprint density at radius 1 is 0.923 bits per heavy atom. The van der Waals surface area contributed by atoms with Gasteiger partial charge in [0.1, 0.15) is 0 Å². The van der Waals surface area contributed by atoms with Gasteiger partial charge in [0.25, 0.3) is 17.5 Å². The van der Waals surface area contributed by atoms with Crippen LogP contribution < -0.4 is 10.6 Å². The molecular weight excluding hydrogens is 338 g/mol. The van der Waals surface area contributed by atoms with Crippen molar-refractivity contribution in [3.05, 3.63) is 88.4 Å². The number of anilines is 2. The second-order valence-corrected chi connectivity index (χ2v) is 5.24. The third kappa shape index (κ3) is 3.75. The van der Waals surface area contributed by atoms with Crippen LogP contribution in [0.5, 0.6) is 0 Å². The molecule has 3 rings (SSSR count). The highest BCUT2D eigenvalue weighted by atomic mass is 16.6. The fourth-order valence-corrected chi connectivity index (χ4v) is 2.28. The van der Waals surface area contributed by atoms with Gasteiger partial charge in [-0.1, -0.05) is 18.2 Å². The molecule has 2 N–H and O–H groups in total. The predicted octanol–water partition coefficient (Wildman–Crippen LogP) is 3.69. The molecule has 1 heterocycles. The summed E-state index contributed by atoms with van der Waals surface area (Å²) in [6, 6.07) is 15.1. The zero-order valence-electron chi connectivity index (χ0n) is 13.3. The van der Waals surface area contributed by atoms with Gasteiger partial charge in [-0.05, 0) is 30.3 Å². The van der Waals surface area contributed by atoms with Gasteiger partial charge >= 0.3 is 0 Å². The maximum Gasteiger partial charge on any atom is 0.291 e. The number of rotatable bonds is 5. The molecular formula is C18H13N3O5. The Kier molecular flexibility index (Phi) is 4.75. The molecule has 0 radical (unpaired) electrons. The van der Waals surface area contributed by atoms with Gasteiger partial charge in [-0.25, -0.2) is 0 Å². The van der Waals surface area contributed by atoms with Gasteiger partial charge in [0.15, 0.2) is 5.76 Å². The first-order valence-corrected chi connectivity index (χ1v) is 7.54. The minimum absolute atomic E-state index is 0.110. The first-order valence-electron chi connectivity index (χ1n) is 7.54.